The number of aryl methyl sites for hydroxylation is 4. The summed E-state index contributed by atoms with van der Waals surface area (Å²) < 4.78 is 10.6. The zero-order chi connectivity index (χ0) is 32.8. The Morgan fingerprint density at radius 2 is 1.02 bits per heavy atom. The third-order valence-electron chi connectivity index (χ3n) is 8.65. The summed E-state index contributed by atoms with van der Waals surface area (Å²) in [7, 11) is 0. The van der Waals surface area contributed by atoms with Gasteiger partial charge in [0.25, 0.3) is 0 Å². The molecule has 0 fully saturated rings. The van der Waals surface area contributed by atoms with E-state index in [1.807, 2.05) is 38.1 Å². The van der Waals surface area contributed by atoms with E-state index in [0.717, 1.165) is 81.7 Å². The van der Waals surface area contributed by atoms with Crippen molar-refractivity contribution in [3.63, 3.8) is 0 Å². The fourth-order valence-electron chi connectivity index (χ4n) is 6.59. The Labute approximate surface area is 290 Å². The molecule has 242 valence electrons. The van der Waals surface area contributed by atoms with Crippen molar-refractivity contribution in [3.05, 3.63) is 69.3 Å². The van der Waals surface area contributed by atoms with Crippen LogP contribution in [0.2, 0.25) is 0 Å². The molecule has 8 nitrogen and oxygen atoms in total. The standard InChI is InChI=1S/C38H44N4O4.Zn/c1-7-25-27(9-3)33-21-35-29(15-17-37(43)45-11-5)30(16-18-38(44)46-12-6)36(42-35)22-34-28(10-4)26(8-2)32(41-34)20-24-14-13-23(39-24)19-31(25)40-33;/h13-14,19-22H,7-12,15-18H2,1-6H3;/q-2;+2. The van der Waals surface area contributed by atoms with Gasteiger partial charge in [-0.15, -0.1) is 22.1 Å². The molecular formula is C38H44N4O4Zn. The van der Waals surface area contributed by atoms with Crippen molar-refractivity contribution in [2.75, 3.05) is 13.2 Å². The van der Waals surface area contributed by atoms with Crippen LogP contribution in [-0.2, 0) is 64.2 Å². The van der Waals surface area contributed by atoms with E-state index in [9.17, 15) is 9.59 Å². The number of carbonyl (C=O) groups is 2. The van der Waals surface area contributed by atoms with Gasteiger partial charge >= 0.3 is 31.4 Å². The molecule has 0 saturated heterocycles. The predicted octanol–water partition coefficient (Wildman–Crippen LogP) is 7.59. The first kappa shape index (κ1) is 36.0. The molecule has 0 saturated carbocycles. The van der Waals surface area contributed by atoms with Gasteiger partial charge in [-0.25, -0.2) is 9.97 Å². The number of carbonyl (C=O) groups excluding carboxylic acids is 2. The van der Waals surface area contributed by atoms with Crippen LogP contribution in [0, 0.1) is 0 Å². The summed E-state index contributed by atoms with van der Waals surface area (Å²) in [5.74, 6) is -0.526. The second kappa shape index (κ2) is 16.3. The molecule has 0 spiro atoms. The SMILES string of the molecule is CCOC(=O)CCc1c(CCC(=O)OCC)c2cc3[n-]c(cc4nc(cc5nc(cc1[n-]2)C(CC)=C5CC)C=C4)c(CC)c3CC.[Zn+2]. The van der Waals surface area contributed by atoms with Gasteiger partial charge in [0.1, 0.15) is 0 Å². The number of hydrogen-bond acceptors (Lipinski definition) is 6. The topological polar surface area (TPSA) is 107 Å². The summed E-state index contributed by atoms with van der Waals surface area (Å²) in [5, 5.41) is 0. The predicted molar refractivity (Wildman–Crippen MR) is 184 cm³/mol. The molecule has 47 heavy (non-hydrogen) atoms. The maximum Gasteiger partial charge on any atom is 2.00 e. The van der Waals surface area contributed by atoms with Crippen molar-refractivity contribution >= 4 is 57.3 Å². The molecule has 3 aromatic heterocycles. The van der Waals surface area contributed by atoms with Crippen molar-refractivity contribution in [3.8, 4) is 0 Å². The van der Waals surface area contributed by atoms with E-state index in [2.05, 4.69) is 39.8 Å². The fourth-order valence-corrected chi connectivity index (χ4v) is 6.59. The summed E-state index contributed by atoms with van der Waals surface area (Å²) >= 11 is 0. The van der Waals surface area contributed by atoms with E-state index < -0.39 is 0 Å². The number of aromatic nitrogens is 4. The second-order valence-electron chi connectivity index (χ2n) is 11.4. The van der Waals surface area contributed by atoms with Gasteiger partial charge in [-0.1, -0.05) is 68.1 Å². The summed E-state index contributed by atoms with van der Waals surface area (Å²) in [6, 6.07) is 8.22. The first-order chi connectivity index (χ1) is 22.3. The van der Waals surface area contributed by atoms with E-state index in [1.54, 1.807) is 0 Å². The zero-order valence-corrected chi connectivity index (χ0v) is 31.6. The van der Waals surface area contributed by atoms with Gasteiger partial charge in [0.15, 0.2) is 0 Å². The van der Waals surface area contributed by atoms with Crippen LogP contribution in [0.4, 0.5) is 0 Å². The van der Waals surface area contributed by atoms with Gasteiger partial charge in [0, 0.05) is 12.8 Å². The van der Waals surface area contributed by atoms with Crippen LogP contribution < -0.4 is 9.97 Å². The summed E-state index contributed by atoms with van der Waals surface area (Å²) in [5.41, 5.74) is 13.4. The van der Waals surface area contributed by atoms with Gasteiger partial charge in [-0.2, -0.15) is 0 Å². The Morgan fingerprint density at radius 1 is 0.574 bits per heavy atom. The Balaban J connectivity index is 0.00000500. The first-order valence-electron chi connectivity index (χ1n) is 16.7. The first-order valence-corrected chi connectivity index (χ1v) is 16.7. The number of ether oxygens (including phenoxy) is 2. The van der Waals surface area contributed by atoms with Gasteiger partial charge in [-0.3, -0.25) is 9.59 Å². The minimum absolute atomic E-state index is 0. The number of rotatable bonds is 12. The van der Waals surface area contributed by atoms with E-state index >= 15 is 0 Å². The molecule has 0 aliphatic carbocycles. The average molecular weight is 686 g/mol. The zero-order valence-electron chi connectivity index (χ0n) is 28.7. The second-order valence-corrected chi connectivity index (χ2v) is 11.4. The maximum absolute atomic E-state index is 12.6. The number of fused-ring (bicyclic) bond motifs is 8. The van der Waals surface area contributed by atoms with Crippen LogP contribution in [0.5, 0.6) is 0 Å². The fraction of sp³-hybridized carbons (Fsp3) is 0.421. The molecule has 0 amide bonds. The molecule has 2 aliphatic rings. The molecule has 5 rings (SSSR count). The molecule has 9 heteroatoms. The molecule has 2 aliphatic heterocycles. The molecule has 0 radical (unpaired) electrons. The van der Waals surface area contributed by atoms with Crippen molar-refractivity contribution in [2.45, 2.75) is 92.9 Å². The van der Waals surface area contributed by atoms with Crippen LogP contribution in [-0.4, -0.2) is 35.1 Å². The van der Waals surface area contributed by atoms with Gasteiger partial charge in [0.2, 0.25) is 0 Å². The van der Waals surface area contributed by atoms with Crippen LogP contribution in [0.1, 0.15) is 112 Å². The summed E-state index contributed by atoms with van der Waals surface area (Å²) in [4.78, 5) is 45.5. The van der Waals surface area contributed by atoms with E-state index in [1.165, 1.54) is 22.3 Å². The van der Waals surface area contributed by atoms with E-state index in [-0.39, 0.29) is 44.3 Å². The largest absolute Gasteiger partial charge is 2.00 e. The molecule has 5 heterocycles. The number of allylic oxidation sites excluding steroid dienone is 2. The molecule has 0 atom stereocenters. The van der Waals surface area contributed by atoms with Crippen LogP contribution in [0.25, 0.3) is 45.4 Å². The Morgan fingerprint density at radius 3 is 1.51 bits per heavy atom. The van der Waals surface area contributed by atoms with Crippen LogP contribution in [0.15, 0.2) is 24.3 Å². The molecular weight excluding hydrogens is 642 g/mol. The Hall–Kier alpha value is -3.84. The van der Waals surface area contributed by atoms with E-state index in [0.29, 0.717) is 26.1 Å². The maximum atomic E-state index is 12.6. The van der Waals surface area contributed by atoms with Gasteiger partial charge < -0.3 is 19.4 Å². The van der Waals surface area contributed by atoms with Crippen molar-refractivity contribution in [1.82, 2.24) is 19.9 Å². The molecule has 0 unspecified atom stereocenters. The van der Waals surface area contributed by atoms with Gasteiger partial charge in [0.05, 0.1) is 36.0 Å². The molecule has 8 bridgehead atoms. The number of esters is 2. The van der Waals surface area contributed by atoms with Crippen molar-refractivity contribution in [1.29, 1.82) is 0 Å². The van der Waals surface area contributed by atoms with Gasteiger partial charge in [-0.05, 0) is 81.7 Å². The quantitative estimate of drug-likeness (QED) is 0.111. The summed E-state index contributed by atoms with van der Waals surface area (Å²) in [6.45, 7) is 12.9. The number of nitrogens with zero attached hydrogens (tertiary/aromatic N) is 4. The molecule has 0 aromatic carbocycles. The smallest absolute Gasteiger partial charge is 0.657 e. The number of hydrogen-bond donors (Lipinski definition) is 0. The van der Waals surface area contributed by atoms with E-state index in [4.69, 9.17) is 29.4 Å². The van der Waals surface area contributed by atoms with Crippen LogP contribution >= 0.6 is 0 Å². The van der Waals surface area contributed by atoms with Crippen LogP contribution in [0.3, 0.4) is 0 Å². The average Bonchev–Trinajstić information content (AvgIpc) is 3.78. The molecule has 0 N–H and O–H groups in total. The monoisotopic (exact) mass is 684 g/mol. The minimum Gasteiger partial charge on any atom is -0.657 e. The van der Waals surface area contributed by atoms with Crippen molar-refractivity contribution in [2.24, 2.45) is 0 Å². The normalized spacial score (nSPS) is 12.3. The molecule has 3 aromatic rings. The minimum atomic E-state index is -0.263. The van der Waals surface area contributed by atoms with Crippen molar-refractivity contribution < 1.29 is 38.5 Å². The summed E-state index contributed by atoms with van der Waals surface area (Å²) in [6.07, 6.45) is 8.64. The third kappa shape index (κ3) is 7.84. The Kier molecular flexibility index (Phi) is 12.5. The Bertz CT molecular complexity index is 1860. The third-order valence-corrected chi connectivity index (χ3v) is 8.65.